The fourth-order valence-electron chi connectivity index (χ4n) is 3.06. The van der Waals surface area contributed by atoms with Gasteiger partial charge in [-0.1, -0.05) is 19.3 Å². The molecule has 1 fully saturated rings. The number of hydrogen-bond donors (Lipinski definition) is 0. The Kier molecular flexibility index (Phi) is 4.13. The van der Waals surface area contributed by atoms with Crippen LogP contribution in [-0.4, -0.2) is 28.0 Å². The average molecular weight is 282 g/mol. The Labute approximate surface area is 126 Å². The van der Waals surface area contributed by atoms with Gasteiger partial charge in [0.05, 0.1) is 5.69 Å². The lowest BCUT2D eigenvalue weighted by molar-refractivity contribution is 0.426. The molecule has 0 spiro atoms. The highest BCUT2D eigenvalue weighted by Gasteiger charge is 2.20. The zero-order valence-corrected chi connectivity index (χ0v) is 12.8. The standard InChI is InChI=1S/C17H22N4/c1-13-19-16(14-8-10-18-11-9-14)12-17(20-13)21(2)15-6-4-3-5-7-15/h8-12,15H,3-7H2,1-2H3. The molecule has 1 saturated carbocycles. The molecule has 4 nitrogen and oxygen atoms in total. The van der Waals surface area contributed by atoms with Crippen molar-refractivity contribution in [1.82, 2.24) is 15.0 Å². The molecule has 3 rings (SSSR count). The lowest BCUT2D eigenvalue weighted by Gasteiger charge is -2.32. The summed E-state index contributed by atoms with van der Waals surface area (Å²) in [7, 11) is 2.16. The van der Waals surface area contributed by atoms with E-state index in [2.05, 4.69) is 33.0 Å². The summed E-state index contributed by atoms with van der Waals surface area (Å²) in [5.74, 6) is 1.85. The maximum absolute atomic E-state index is 4.63. The quantitative estimate of drug-likeness (QED) is 0.862. The third kappa shape index (κ3) is 3.20. The first-order valence-electron chi connectivity index (χ1n) is 7.73. The minimum atomic E-state index is 0.610. The topological polar surface area (TPSA) is 41.9 Å². The predicted octanol–water partition coefficient (Wildman–Crippen LogP) is 3.62. The molecule has 110 valence electrons. The molecule has 2 aromatic rings. The fourth-order valence-corrected chi connectivity index (χ4v) is 3.06. The Morgan fingerprint density at radius 1 is 1.05 bits per heavy atom. The third-order valence-corrected chi connectivity index (χ3v) is 4.28. The molecule has 0 bridgehead atoms. The number of anilines is 1. The first-order valence-corrected chi connectivity index (χ1v) is 7.73. The number of aryl methyl sites for hydroxylation is 1. The van der Waals surface area contributed by atoms with E-state index in [9.17, 15) is 0 Å². The fraction of sp³-hybridized carbons (Fsp3) is 0.471. The second-order valence-corrected chi connectivity index (χ2v) is 5.80. The summed E-state index contributed by atoms with van der Waals surface area (Å²) in [6.45, 7) is 1.96. The van der Waals surface area contributed by atoms with Crippen LogP contribution in [0, 0.1) is 6.92 Å². The van der Waals surface area contributed by atoms with Gasteiger partial charge in [-0.3, -0.25) is 4.98 Å². The van der Waals surface area contributed by atoms with Crippen LogP contribution < -0.4 is 4.90 Å². The summed E-state index contributed by atoms with van der Waals surface area (Å²) < 4.78 is 0. The van der Waals surface area contributed by atoms with E-state index < -0.39 is 0 Å². The van der Waals surface area contributed by atoms with Crippen LogP contribution in [-0.2, 0) is 0 Å². The van der Waals surface area contributed by atoms with E-state index in [1.165, 1.54) is 32.1 Å². The Balaban J connectivity index is 1.90. The Bertz CT molecular complexity index is 591. The van der Waals surface area contributed by atoms with E-state index in [1.807, 2.05) is 19.1 Å². The minimum Gasteiger partial charge on any atom is -0.357 e. The SMILES string of the molecule is Cc1nc(-c2ccncc2)cc(N(C)C2CCCCC2)n1. The van der Waals surface area contributed by atoms with Gasteiger partial charge in [-0.2, -0.15) is 0 Å². The monoisotopic (exact) mass is 282 g/mol. The third-order valence-electron chi connectivity index (χ3n) is 4.28. The summed E-state index contributed by atoms with van der Waals surface area (Å²) >= 11 is 0. The summed E-state index contributed by atoms with van der Waals surface area (Å²) in [6.07, 6.45) is 10.2. The highest BCUT2D eigenvalue weighted by molar-refractivity contribution is 5.62. The summed E-state index contributed by atoms with van der Waals surface area (Å²) in [4.78, 5) is 15.6. The van der Waals surface area contributed by atoms with E-state index in [-0.39, 0.29) is 0 Å². The smallest absolute Gasteiger partial charge is 0.132 e. The molecule has 0 atom stereocenters. The number of rotatable bonds is 3. The van der Waals surface area contributed by atoms with E-state index in [4.69, 9.17) is 0 Å². The van der Waals surface area contributed by atoms with Crippen LogP contribution in [0.1, 0.15) is 37.9 Å². The molecule has 0 aromatic carbocycles. The Morgan fingerprint density at radius 3 is 2.48 bits per heavy atom. The summed E-state index contributed by atoms with van der Waals surface area (Å²) in [6, 6.07) is 6.69. The maximum atomic E-state index is 4.63. The van der Waals surface area contributed by atoms with Crippen LogP contribution in [0.4, 0.5) is 5.82 Å². The van der Waals surface area contributed by atoms with Gasteiger partial charge in [0.1, 0.15) is 11.6 Å². The molecule has 1 aliphatic carbocycles. The first-order chi connectivity index (χ1) is 10.2. The van der Waals surface area contributed by atoms with Crippen LogP contribution in [0.5, 0.6) is 0 Å². The van der Waals surface area contributed by atoms with Crippen molar-refractivity contribution in [3.63, 3.8) is 0 Å². The van der Waals surface area contributed by atoms with Crippen molar-refractivity contribution in [2.45, 2.75) is 45.1 Å². The van der Waals surface area contributed by atoms with Gasteiger partial charge in [0, 0.05) is 37.1 Å². The molecule has 1 aliphatic rings. The lowest BCUT2D eigenvalue weighted by Crippen LogP contribution is -2.34. The van der Waals surface area contributed by atoms with Crippen molar-refractivity contribution in [3.8, 4) is 11.3 Å². The van der Waals surface area contributed by atoms with Crippen molar-refractivity contribution >= 4 is 5.82 Å². The number of pyridine rings is 1. The van der Waals surface area contributed by atoms with E-state index in [0.717, 1.165) is 22.9 Å². The minimum absolute atomic E-state index is 0.610. The maximum Gasteiger partial charge on any atom is 0.132 e. The molecule has 0 amide bonds. The second kappa shape index (κ2) is 6.20. The molecule has 0 aliphatic heterocycles. The van der Waals surface area contributed by atoms with Gasteiger partial charge < -0.3 is 4.90 Å². The largest absolute Gasteiger partial charge is 0.357 e. The highest BCUT2D eigenvalue weighted by Crippen LogP contribution is 2.27. The first kappa shape index (κ1) is 14.0. The van der Waals surface area contributed by atoms with Crippen LogP contribution in [0.15, 0.2) is 30.6 Å². The molecular weight excluding hydrogens is 260 g/mol. The van der Waals surface area contributed by atoms with Gasteiger partial charge in [0.15, 0.2) is 0 Å². The molecule has 0 N–H and O–H groups in total. The van der Waals surface area contributed by atoms with Crippen LogP contribution in [0.25, 0.3) is 11.3 Å². The molecule has 0 saturated heterocycles. The number of nitrogens with zero attached hydrogens (tertiary/aromatic N) is 4. The molecule has 2 heterocycles. The van der Waals surface area contributed by atoms with Gasteiger partial charge >= 0.3 is 0 Å². The molecule has 4 heteroatoms. The zero-order chi connectivity index (χ0) is 14.7. The van der Waals surface area contributed by atoms with Crippen LogP contribution in [0.3, 0.4) is 0 Å². The average Bonchev–Trinajstić information content (AvgIpc) is 2.55. The van der Waals surface area contributed by atoms with Gasteiger partial charge in [-0.15, -0.1) is 0 Å². The normalized spacial score (nSPS) is 15.9. The lowest BCUT2D eigenvalue weighted by atomic mass is 9.94. The Morgan fingerprint density at radius 2 is 1.76 bits per heavy atom. The van der Waals surface area contributed by atoms with E-state index in [0.29, 0.717) is 6.04 Å². The zero-order valence-electron chi connectivity index (χ0n) is 12.8. The van der Waals surface area contributed by atoms with E-state index in [1.54, 1.807) is 12.4 Å². The van der Waals surface area contributed by atoms with Crippen LogP contribution >= 0.6 is 0 Å². The summed E-state index contributed by atoms with van der Waals surface area (Å²) in [5.41, 5.74) is 2.07. The van der Waals surface area contributed by atoms with Gasteiger partial charge in [0.2, 0.25) is 0 Å². The van der Waals surface area contributed by atoms with Gasteiger partial charge in [-0.25, -0.2) is 9.97 Å². The molecule has 21 heavy (non-hydrogen) atoms. The molecule has 0 unspecified atom stereocenters. The van der Waals surface area contributed by atoms with Crippen molar-refractivity contribution in [1.29, 1.82) is 0 Å². The van der Waals surface area contributed by atoms with E-state index >= 15 is 0 Å². The molecular formula is C17H22N4. The van der Waals surface area contributed by atoms with Gasteiger partial charge in [-0.05, 0) is 31.9 Å². The Hall–Kier alpha value is -1.97. The molecule has 2 aromatic heterocycles. The van der Waals surface area contributed by atoms with Crippen molar-refractivity contribution in [2.75, 3.05) is 11.9 Å². The summed E-state index contributed by atoms with van der Waals surface area (Å²) in [5, 5.41) is 0. The number of aromatic nitrogens is 3. The predicted molar refractivity (Wildman–Crippen MR) is 85.3 cm³/mol. The molecule has 0 radical (unpaired) electrons. The van der Waals surface area contributed by atoms with Gasteiger partial charge in [0.25, 0.3) is 0 Å². The number of hydrogen-bond acceptors (Lipinski definition) is 4. The van der Waals surface area contributed by atoms with Crippen molar-refractivity contribution in [3.05, 3.63) is 36.4 Å². The second-order valence-electron chi connectivity index (χ2n) is 5.80. The van der Waals surface area contributed by atoms with Crippen molar-refractivity contribution in [2.24, 2.45) is 0 Å². The van der Waals surface area contributed by atoms with Crippen molar-refractivity contribution < 1.29 is 0 Å². The highest BCUT2D eigenvalue weighted by atomic mass is 15.2. The van der Waals surface area contributed by atoms with Crippen LogP contribution in [0.2, 0.25) is 0 Å².